The lowest BCUT2D eigenvalue weighted by molar-refractivity contribution is -0.223. The molecule has 0 spiro atoms. The largest absolute Gasteiger partial charge is 0.392 e. The standard InChI is InChI=1S/C11H22.C7H11F3.2C7H14.3C6H12.2C5H8F2/c1-9-6-10(2,3)8-11(4,5)7-9;1-4-3-6(5(4)2)7(8,9)10;2*1-6-4-7(2,3)5-6;1-5-3-6(2)4-5;2*1-6(2)4-3-5-6;1-4-2-5(6,7)3-4;1-3-4(6)2-5(3)7/h9H,6-8H2,1-5H3;4-6H,3H2,1-2H3;2*6H,4-5H2,1-3H3;5-6H,3-4H2,1-2H3;2*3-5H2,1-2H3;4H,2-3H2,1H3;3-5H,2H2,1H3/t;4?,5-,6?;;;;;;;/m.0......./s1. The molecular formula is C60H113F7. The van der Waals surface area contributed by atoms with Gasteiger partial charge in [0, 0.05) is 25.2 Å². The van der Waals surface area contributed by atoms with Crippen LogP contribution in [-0.4, -0.2) is 24.4 Å². The minimum Gasteiger partial charge on any atom is -0.247 e. The Balaban J connectivity index is 0.000000380. The molecule has 0 nitrogen and oxygen atoms in total. The van der Waals surface area contributed by atoms with Gasteiger partial charge in [0.2, 0.25) is 5.92 Å². The molecule has 4 unspecified atom stereocenters. The maximum Gasteiger partial charge on any atom is 0.392 e. The van der Waals surface area contributed by atoms with Gasteiger partial charge in [-0.1, -0.05) is 158 Å². The molecule has 7 heteroatoms. The molecule has 0 aromatic carbocycles. The van der Waals surface area contributed by atoms with Crippen molar-refractivity contribution < 1.29 is 30.7 Å². The van der Waals surface area contributed by atoms with E-state index in [1.165, 1.54) is 96.3 Å². The first-order chi connectivity index (χ1) is 30.0. The van der Waals surface area contributed by atoms with Crippen LogP contribution in [0, 0.1) is 91.7 Å². The average Bonchev–Trinajstić information content (AvgIpc) is 3.06. The van der Waals surface area contributed by atoms with Crippen LogP contribution >= 0.6 is 0 Å². The smallest absolute Gasteiger partial charge is 0.247 e. The van der Waals surface area contributed by atoms with E-state index in [-0.39, 0.29) is 42.9 Å². The summed E-state index contributed by atoms with van der Waals surface area (Å²) in [6.45, 7) is 47.0. The fraction of sp³-hybridized carbons (Fsp3) is 1.00. The second-order valence-electron chi connectivity index (χ2n) is 29.8. The summed E-state index contributed by atoms with van der Waals surface area (Å²) in [7, 11) is 0. The third-order valence-electron chi connectivity index (χ3n) is 16.9. The van der Waals surface area contributed by atoms with Crippen LogP contribution in [0.25, 0.3) is 0 Å². The van der Waals surface area contributed by atoms with Crippen molar-refractivity contribution in [1.29, 1.82) is 0 Å². The molecule has 0 aliphatic heterocycles. The predicted octanol–water partition coefficient (Wildman–Crippen LogP) is 21.8. The van der Waals surface area contributed by atoms with Crippen molar-refractivity contribution in [2.45, 2.75) is 292 Å². The van der Waals surface area contributed by atoms with Crippen LogP contribution in [0.15, 0.2) is 0 Å². The first kappa shape index (κ1) is 64.5. The summed E-state index contributed by atoms with van der Waals surface area (Å²) >= 11 is 0. The van der Waals surface area contributed by atoms with Crippen LogP contribution in [0.1, 0.15) is 267 Å². The van der Waals surface area contributed by atoms with Gasteiger partial charge in [0.1, 0.15) is 12.3 Å². The van der Waals surface area contributed by atoms with E-state index in [1.807, 2.05) is 13.8 Å². The minimum atomic E-state index is -3.95. The van der Waals surface area contributed by atoms with Crippen molar-refractivity contribution >= 4 is 0 Å². The lowest BCUT2D eigenvalue weighted by Crippen LogP contribution is -2.42. The second kappa shape index (κ2) is 25.9. The zero-order valence-electron chi connectivity index (χ0n) is 48.0. The van der Waals surface area contributed by atoms with E-state index in [2.05, 4.69) is 118 Å². The SMILES string of the molecule is CC1(C)CCC1.CC1(C)CCC1.CC1C(F)CC1F.CC1CC(C(F)(F)F)[C@H]1C.CC1CC(C)(C)C1.CC1CC(C)(C)C1.CC1CC(C)(C)CC(C)(C)C1.CC1CC(C)C1.CC1CC(F)(F)C1. The van der Waals surface area contributed by atoms with E-state index in [9.17, 15) is 30.7 Å². The molecule has 9 rings (SSSR count). The van der Waals surface area contributed by atoms with Crippen LogP contribution in [-0.2, 0) is 0 Å². The molecular weight excluding hydrogens is 854 g/mol. The molecule has 0 N–H and O–H groups in total. The summed E-state index contributed by atoms with van der Waals surface area (Å²) < 4.78 is 83.2. The predicted molar refractivity (Wildman–Crippen MR) is 277 cm³/mol. The van der Waals surface area contributed by atoms with Crippen LogP contribution in [0.2, 0.25) is 0 Å². The molecule has 5 atom stereocenters. The third kappa shape index (κ3) is 26.7. The molecule has 9 saturated carbocycles. The maximum absolute atomic E-state index is 11.9. The van der Waals surface area contributed by atoms with Crippen molar-refractivity contribution in [3.8, 4) is 0 Å². The Bertz CT molecular complexity index is 1230. The highest BCUT2D eigenvalue weighted by Crippen LogP contribution is 2.50. The number of halogens is 7. The summed E-state index contributed by atoms with van der Waals surface area (Å²) in [6, 6.07) is 0. The normalized spacial score (nSPS) is 34.9. The molecule has 9 fully saturated rings. The lowest BCUT2D eigenvalue weighted by Gasteiger charge is -2.44. The van der Waals surface area contributed by atoms with Gasteiger partial charge in [0.15, 0.2) is 0 Å². The van der Waals surface area contributed by atoms with Gasteiger partial charge in [-0.05, 0) is 170 Å². The van der Waals surface area contributed by atoms with Crippen LogP contribution in [0.5, 0.6) is 0 Å². The Morgan fingerprint density at radius 1 is 0.358 bits per heavy atom. The second-order valence-corrected chi connectivity index (χ2v) is 29.8. The highest BCUT2D eigenvalue weighted by molar-refractivity contribution is 4.90. The molecule has 0 radical (unpaired) electrons. The zero-order chi connectivity index (χ0) is 52.4. The molecule has 9 aliphatic rings. The van der Waals surface area contributed by atoms with E-state index in [0.717, 1.165) is 40.4 Å². The van der Waals surface area contributed by atoms with Gasteiger partial charge >= 0.3 is 6.18 Å². The molecule has 0 amide bonds. The Morgan fingerprint density at radius 3 is 0.701 bits per heavy atom. The molecule has 67 heavy (non-hydrogen) atoms. The summed E-state index contributed by atoms with van der Waals surface area (Å²) in [5, 5.41) is 0. The highest BCUT2D eigenvalue weighted by Gasteiger charge is 2.51. The van der Waals surface area contributed by atoms with E-state index in [1.54, 1.807) is 13.8 Å². The fourth-order valence-corrected chi connectivity index (χ4v) is 13.2. The molecule has 0 bridgehead atoms. The zero-order valence-corrected chi connectivity index (χ0v) is 48.0. The first-order valence-corrected chi connectivity index (χ1v) is 27.7. The lowest BCUT2D eigenvalue weighted by atomic mass is 9.62. The van der Waals surface area contributed by atoms with Gasteiger partial charge in [-0.15, -0.1) is 0 Å². The number of rotatable bonds is 0. The number of hydrogen-bond donors (Lipinski definition) is 0. The van der Waals surface area contributed by atoms with Gasteiger partial charge in [-0.25, -0.2) is 17.6 Å². The van der Waals surface area contributed by atoms with E-state index in [0.29, 0.717) is 28.1 Å². The minimum absolute atomic E-state index is 0.104. The van der Waals surface area contributed by atoms with Crippen LogP contribution in [0.4, 0.5) is 30.7 Å². The Morgan fingerprint density at radius 2 is 0.642 bits per heavy atom. The number of hydrogen-bond acceptors (Lipinski definition) is 0. The van der Waals surface area contributed by atoms with Crippen LogP contribution < -0.4 is 0 Å². The van der Waals surface area contributed by atoms with Crippen LogP contribution in [0.3, 0.4) is 0 Å². The van der Waals surface area contributed by atoms with Gasteiger partial charge in [0.05, 0.1) is 5.92 Å². The Hall–Kier alpha value is -0.490. The molecule has 402 valence electrons. The quantitative estimate of drug-likeness (QED) is 0.212. The van der Waals surface area contributed by atoms with Crippen molar-refractivity contribution in [3.63, 3.8) is 0 Å². The third-order valence-corrected chi connectivity index (χ3v) is 16.9. The van der Waals surface area contributed by atoms with Gasteiger partial charge < -0.3 is 0 Å². The molecule has 0 aromatic heterocycles. The van der Waals surface area contributed by atoms with Gasteiger partial charge in [-0.2, -0.15) is 13.2 Å². The van der Waals surface area contributed by atoms with E-state index in [4.69, 9.17) is 0 Å². The fourth-order valence-electron chi connectivity index (χ4n) is 13.2. The summed E-state index contributed by atoms with van der Waals surface area (Å²) in [5.74, 6) is 1.71. The first-order valence-electron chi connectivity index (χ1n) is 27.7. The molecule has 0 aromatic rings. The maximum atomic E-state index is 11.9. The average molecular weight is 968 g/mol. The molecule has 0 saturated heterocycles. The van der Waals surface area contributed by atoms with Gasteiger partial charge in [-0.3, -0.25) is 0 Å². The number of alkyl halides is 7. The summed E-state index contributed by atoms with van der Waals surface area (Å²) in [5.41, 5.74) is 4.00. The van der Waals surface area contributed by atoms with Crippen molar-refractivity contribution in [2.24, 2.45) is 91.7 Å². The van der Waals surface area contributed by atoms with Crippen molar-refractivity contribution in [1.82, 2.24) is 0 Å². The van der Waals surface area contributed by atoms with E-state index < -0.39 is 30.4 Å². The topological polar surface area (TPSA) is 0 Å². The summed E-state index contributed by atoms with van der Waals surface area (Å²) in [6.07, 6.45) is 16.6. The monoisotopic (exact) mass is 967 g/mol. The molecule has 0 heterocycles. The molecule has 9 aliphatic carbocycles. The Labute approximate surface area is 412 Å². The Kier molecular flexibility index (Phi) is 25.0. The highest BCUT2D eigenvalue weighted by atomic mass is 19.4. The van der Waals surface area contributed by atoms with Crippen molar-refractivity contribution in [2.75, 3.05) is 0 Å². The van der Waals surface area contributed by atoms with Crippen molar-refractivity contribution in [3.05, 3.63) is 0 Å². The van der Waals surface area contributed by atoms with E-state index >= 15 is 0 Å². The summed E-state index contributed by atoms with van der Waals surface area (Å²) in [4.78, 5) is 0. The van der Waals surface area contributed by atoms with Gasteiger partial charge in [0.25, 0.3) is 0 Å².